The Hall–Kier alpha value is -2.38. The average molecular weight is 391 g/mol. The van der Waals surface area contributed by atoms with E-state index in [1.807, 2.05) is 32.0 Å². The lowest BCUT2D eigenvalue weighted by molar-refractivity contribution is 0.102. The van der Waals surface area contributed by atoms with E-state index in [0.717, 1.165) is 29.7 Å². The summed E-state index contributed by atoms with van der Waals surface area (Å²) < 4.78 is 32.4. The Morgan fingerprint density at radius 3 is 2.19 bits per heavy atom. The maximum absolute atomic E-state index is 12.8. The second-order valence-corrected chi connectivity index (χ2v) is 7.71. The van der Waals surface area contributed by atoms with Crippen LogP contribution in [0, 0.1) is 0 Å². The number of nitrogens with one attached hydrogen (secondary N) is 2. The van der Waals surface area contributed by atoms with Gasteiger partial charge in [0.25, 0.3) is 5.91 Å². The predicted molar refractivity (Wildman–Crippen MR) is 107 cm³/mol. The van der Waals surface area contributed by atoms with Crippen molar-refractivity contribution in [1.29, 1.82) is 0 Å². The maximum atomic E-state index is 12.8. The van der Waals surface area contributed by atoms with Gasteiger partial charge in [-0.3, -0.25) is 4.79 Å². The molecule has 1 amide bonds. The number of para-hydroxylation sites is 1. The fraction of sp³-hybridized carbons (Fsp3) is 0.350. The van der Waals surface area contributed by atoms with Gasteiger partial charge in [-0.2, -0.15) is 0 Å². The van der Waals surface area contributed by atoms with Crippen molar-refractivity contribution in [3.63, 3.8) is 0 Å². The van der Waals surface area contributed by atoms with Crippen molar-refractivity contribution in [3.05, 3.63) is 53.1 Å². The predicted octanol–water partition coefficient (Wildman–Crippen LogP) is 3.37. The Morgan fingerprint density at radius 1 is 1.04 bits per heavy atom. The maximum Gasteiger partial charge on any atom is 0.255 e. The molecule has 0 aliphatic carbocycles. The van der Waals surface area contributed by atoms with Gasteiger partial charge in [0.1, 0.15) is 10.6 Å². The molecule has 7 heteroatoms. The number of carbonyl (C=O) groups excluding carboxylic acids is 1. The summed E-state index contributed by atoms with van der Waals surface area (Å²) in [7, 11) is -2.37. The van der Waals surface area contributed by atoms with Crippen LogP contribution in [0.15, 0.2) is 41.3 Å². The molecule has 0 fully saturated rings. The minimum atomic E-state index is -3.76. The van der Waals surface area contributed by atoms with Gasteiger partial charge in [-0.25, -0.2) is 13.1 Å². The van der Waals surface area contributed by atoms with E-state index >= 15 is 0 Å². The van der Waals surface area contributed by atoms with Crippen LogP contribution in [0.25, 0.3) is 0 Å². The normalized spacial score (nSPS) is 11.3. The quantitative estimate of drug-likeness (QED) is 0.724. The van der Waals surface area contributed by atoms with Gasteiger partial charge in [0.2, 0.25) is 10.0 Å². The van der Waals surface area contributed by atoms with Crippen molar-refractivity contribution in [2.24, 2.45) is 0 Å². The number of amides is 1. The van der Waals surface area contributed by atoms with Crippen LogP contribution >= 0.6 is 0 Å². The molecule has 2 aromatic rings. The highest BCUT2D eigenvalue weighted by Gasteiger charge is 2.21. The summed E-state index contributed by atoms with van der Waals surface area (Å²) in [6.45, 7) is 5.98. The minimum absolute atomic E-state index is 0.0565. The van der Waals surface area contributed by atoms with E-state index < -0.39 is 10.0 Å². The van der Waals surface area contributed by atoms with Crippen molar-refractivity contribution < 1.29 is 17.9 Å². The number of hydrogen-bond acceptors (Lipinski definition) is 4. The molecule has 0 atom stereocenters. The highest BCUT2D eigenvalue weighted by Crippen LogP contribution is 2.27. The number of methoxy groups -OCH3 is 1. The monoisotopic (exact) mass is 390 g/mol. The van der Waals surface area contributed by atoms with Crippen molar-refractivity contribution in [1.82, 2.24) is 4.72 Å². The Bertz CT molecular complexity index is 901. The molecule has 0 bridgehead atoms. The Kier molecular flexibility index (Phi) is 6.98. The summed E-state index contributed by atoms with van der Waals surface area (Å²) in [6, 6.07) is 10.3. The summed E-state index contributed by atoms with van der Waals surface area (Å²) >= 11 is 0. The van der Waals surface area contributed by atoms with Crippen molar-refractivity contribution in [2.75, 3.05) is 19.0 Å². The zero-order chi connectivity index (χ0) is 20.0. The van der Waals surface area contributed by atoms with Crippen LogP contribution in [0.2, 0.25) is 0 Å². The third-order valence-electron chi connectivity index (χ3n) is 4.29. The van der Waals surface area contributed by atoms with Gasteiger partial charge in [-0.15, -0.1) is 0 Å². The van der Waals surface area contributed by atoms with Gasteiger partial charge in [-0.1, -0.05) is 39.0 Å². The second-order valence-electron chi connectivity index (χ2n) is 5.98. The molecule has 0 saturated heterocycles. The lowest BCUT2D eigenvalue weighted by Crippen LogP contribution is -2.24. The Labute approximate surface area is 161 Å². The zero-order valence-corrected chi connectivity index (χ0v) is 16.9. The highest BCUT2D eigenvalue weighted by atomic mass is 32.2. The van der Waals surface area contributed by atoms with Gasteiger partial charge in [0, 0.05) is 17.8 Å². The molecule has 146 valence electrons. The number of carbonyl (C=O) groups is 1. The number of ether oxygens (including phenoxy) is 1. The third kappa shape index (κ3) is 4.67. The third-order valence-corrected chi connectivity index (χ3v) is 5.85. The summed E-state index contributed by atoms with van der Waals surface area (Å²) in [5, 5.41) is 2.95. The first-order valence-corrected chi connectivity index (χ1v) is 10.5. The molecular formula is C20H26N2O4S. The molecule has 27 heavy (non-hydrogen) atoms. The number of hydrogen-bond donors (Lipinski definition) is 2. The summed E-state index contributed by atoms with van der Waals surface area (Å²) in [6.07, 6.45) is 1.57. The first-order valence-electron chi connectivity index (χ1n) is 8.97. The van der Waals surface area contributed by atoms with E-state index in [-0.39, 0.29) is 28.7 Å². The number of benzene rings is 2. The van der Waals surface area contributed by atoms with Crippen LogP contribution in [0.1, 0.15) is 42.3 Å². The van der Waals surface area contributed by atoms with E-state index in [4.69, 9.17) is 4.74 Å². The summed E-state index contributed by atoms with van der Waals surface area (Å²) in [4.78, 5) is 12.8. The number of aryl methyl sites for hydroxylation is 2. The molecule has 0 unspecified atom stereocenters. The van der Waals surface area contributed by atoms with Gasteiger partial charge < -0.3 is 10.1 Å². The topological polar surface area (TPSA) is 84.5 Å². The number of rotatable bonds is 8. The largest absolute Gasteiger partial charge is 0.495 e. The molecule has 0 heterocycles. The molecule has 2 aromatic carbocycles. The van der Waals surface area contributed by atoms with Crippen LogP contribution in [-0.2, 0) is 22.9 Å². The molecule has 0 aliphatic heterocycles. The fourth-order valence-electron chi connectivity index (χ4n) is 2.88. The molecular weight excluding hydrogens is 364 g/mol. The first-order chi connectivity index (χ1) is 12.9. The number of anilines is 1. The Morgan fingerprint density at radius 2 is 1.67 bits per heavy atom. The van der Waals surface area contributed by atoms with E-state index in [9.17, 15) is 13.2 Å². The minimum Gasteiger partial charge on any atom is -0.495 e. The van der Waals surface area contributed by atoms with Crippen LogP contribution in [-0.4, -0.2) is 28.0 Å². The zero-order valence-electron chi connectivity index (χ0n) is 16.1. The highest BCUT2D eigenvalue weighted by molar-refractivity contribution is 7.89. The second kappa shape index (κ2) is 9.01. The SMILES string of the molecule is CCNS(=O)(=O)c1cc(C(=O)Nc2c(CC)cccc2CC)ccc1OC. The molecule has 0 aromatic heterocycles. The smallest absolute Gasteiger partial charge is 0.255 e. The van der Waals surface area contributed by atoms with Gasteiger partial charge in [0.05, 0.1) is 7.11 Å². The first kappa shape index (κ1) is 20.9. The molecule has 2 N–H and O–H groups in total. The summed E-state index contributed by atoms with van der Waals surface area (Å²) in [5.41, 5.74) is 3.12. The molecule has 0 spiro atoms. The van der Waals surface area contributed by atoms with Crippen molar-refractivity contribution in [2.45, 2.75) is 38.5 Å². The van der Waals surface area contributed by atoms with Crippen molar-refractivity contribution >= 4 is 21.6 Å². The van der Waals surface area contributed by atoms with Crippen LogP contribution in [0.5, 0.6) is 5.75 Å². The van der Waals surface area contributed by atoms with Crippen LogP contribution in [0.3, 0.4) is 0 Å². The molecule has 0 aliphatic rings. The van der Waals surface area contributed by atoms with E-state index in [1.165, 1.54) is 19.2 Å². The van der Waals surface area contributed by atoms with Gasteiger partial charge >= 0.3 is 0 Å². The van der Waals surface area contributed by atoms with Crippen LogP contribution in [0.4, 0.5) is 5.69 Å². The number of sulfonamides is 1. The standard InChI is InChI=1S/C20H26N2O4S/c1-5-14-9-8-10-15(6-2)19(14)22-20(23)16-11-12-17(26-4)18(13-16)27(24,25)21-7-3/h8-13,21H,5-7H2,1-4H3,(H,22,23). The van der Waals surface area contributed by atoms with Crippen molar-refractivity contribution in [3.8, 4) is 5.75 Å². The Balaban J connectivity index is 2.44. The van der Waals surface area contributed by atoms with Gasteiger partial charge in [0.15, 0.2) is 0 Å². The average Bonchev–Trinajstić information content (AvgIpc) is 2.67. The van der Waals surface area contributed by atoms with Crippen LogP contribution < -0.4 is 14.8 Å². The van der Waals surface area contributed by atoms with E-state index in [0.29, 0.717) is 0 Å². The van der Waals surface area contributed by atoms with E-state index in [2.05, 4.69) is 10.0 Å². The molecule has 0 saturated carbocycles. The lowest BCUT2D eigenvalue weighted by atomic mass is 10.0. The molecule has 2 rings (SSSR count). The lowest BCUT2D eigenvalue weighted by Gasteiger charge is -2.15. The molecule has 6 nitrogen and oxygen atoms in total. The van der Waals surface area contributed by atoms with E-state index in [1.54, 1.807) is 13.0 Å². The fourth-order valence-corrected chi connectivity index (χ4v) is 4.12. The molecule has 0 radical (unpaired) electrons. The summed E-state index contributed by atoms with van der Waals surface area (Å²) in [5.74, 6) is -0.170. The van der Waals surface area contributed by atoms with Gasteiger partial charge in [-0.05, 0) is 42.2 Å².